The summed E-state index contributed by atoms with van der Waals surface area (Å²) in [7, 11) is 0. The minimum Gasteiger partial charge on any atom is -0.493 e. The van der Waals surface area contributed by atoms with Gasteiger partial charge in [0.2, 0.25) is 5.88 Å². The van der Waals surface area contributed by atoms with Crippen LogP contribution in [0, 0.1) is 0 Å². The van der Waals surface area contributed by atoms with Crippen LogP contribution in [-0.4, -0.2) is 16.0 Å². The molecule has 6 nitrogen and oxygen atoms in total. The lowest BCUT2D eigenvalue weighted by molar-refractivity contribution is 0.0995. The molecule has 0 aliphatic rings. The highest BCUT2D eigenvalue weighted by molar-refractivity contribution is 6.30. The molecule has 0 aliphatic carbocycles. The highest BCUT2D eigenvalue weighted by atomic mass is 35.5. The number of aromatic amines is 1. The molecule has 0 radical (unpaired) electrons. The van der Waals surface area contributed by atoms with Crippen molar-refractivity contribution >= 4 is 34.1 Å². The van der Waals surface area contributed by atoms with Crippen LogP contribution < -0.4 is 4.74 Å². The zero-order chi connectivity index (χ0) is 22.7. The number of rotatable bonds is 6. The largest absolute Gasteiger partial charge is 0.493 e. The Labute approximate surface area is 190 Å². The molecular formula is C25H22ClN3O3. The minimum absolute atomic E-state index is 0.118. The smallest absolute Gasteiger partial charge is 0.295 e. The zero-order valence-corrected chi connectivity index (χ0v) is 18.4. The first-order valence-corrected chi connectivity index (χ1v) is 10.6. The molecule has 0 fully saturated rings. The summed E-state index contributed by atoms with van der Waals surface area (Å²) in [6.45, 7) is 4.53. The lowest BCUT2D eigenvalue weighted by Crippen LogP contribution is -1.98. The molecule has 0 saturated heterocycles. The second-order valence-electron chi connectivity index (χ2n) is 7.73. The van der Waals surface area contributed by atoms with Gasteiger partial charge in [0.05, 0.1) is 5.52 Å². The fourth-order valence-corrected chi connectivity index (χ4v) is 3.36. The number of fused-ring (bicyclic) bond motifs is 1. The number of nitrogens with zero attached hydrogens (tertiary/aromatic N) is 2. The first kappa shape index (κ1) is 21.6. The van der Waals surface area contributed by atoms with Crippen LogP contribution in [0.3, 0.4) is 0 Å². The number of azo groups is 1. The molecule has 0 unspecified atom stereocenters. The van der Waals surface area contributed by atoms with Gasteiger partial charge in [-0.3, -0.25) is 4.79 Å². The van der Waals surface area contributed by atoms with E-state index in [1.165, 1.54) is 0 Å². The third kappa shape index (κ3) is 4.81. The molecule has 1 heterocycles. The summed E-state index contributed by atoms with van der Waals surface area (Å²) in [5.74, 6) is 0.420. The number of H-pyrrole nitrogens is 1. The van der Waals surface area contributed by atoms with E-state index in [1.807, 2.05) is 18.2 Å². The predicted octanol–water partition coefficient (Wildman–Crippen LogP) is 7.15. The van der Waals surface area contributed by atoms with Crippen LogP contribution in [0.15, 0.2) is 77.0 Å². The summed E-state index contributed by atoms with van der Waals surface area (Å²) >= 11 is 5.87. The second-order valence-corrected chi connectivity index (χ2v) is 8.16. The van der Waals surface area contributed by atoms with Crippen LogP contribution >= 0.6 is 11.6 Å². The maximum Gasteiger partial charge on any atom is 0.295 e. The van der Waals surface area contributed by atoms with Crippen LogP contribution in [-0.2, 0) is 6.61 Å². The van der Waals surface area contributed by atoms with Gasteiger partial charge in [0.1, 0.15) is 12.4 Å². The molecule has 3 aromatic carbocycles. The van der Waals surface area contributed by atoms with Gasteiger partial charge in [0.25, 0.3) is 5.91 Å². The number of amides is 1. The van der Waals surface area contributed by atoms with Gasteiger partial charge < -0.3 is 14.8 Å². The van der Waals surface area contributed by atoms with E-state index >= 15 is 0 Å². The number of aromatic nitrogens is 1. The number of nitrogens with one attached hydrogen (secondary N) is 1. The fourth-order valence-electron chi connectivity index (χ4n) is 3.24. The van der Waals surface area contributed by atoms with Gasteiger partial charge >= 0.3 is 0 Å². The molecule has 1 amide bonds. The Kier molecular flexibility index (Phi) is 6.23. The van der Waals surface area contributed by atoms with Gasteiger partial charge in [0.15, 0.2) is 5.69 Å². The molecular weight excluding hydrogens is 426 g/mol. The van der Waals surface area contributed by atoms with E-state index in [-0.39, 0.29) is 11.6 Å². The molecule has 0 spiro atoms. The van der Waals surface area contributed by atoms with Crippen molar-refractivity contribution in [3.05, 3.63) is 88.4 Å². The van der Waals surface area contributed by atoms with E-state index < -0.39 is 5.91 Å². The van der Waals surface area contributed by atoms with Crippen LogP contribution in [0.4, 0.5) is 5.69 Å². The second kappa shape index (κ2) is 9.24. The van der Waals surface area contributed by atoms with Gasteiger partial charge in [-0.1, -0.05) is 43.6 Å². The summed E-state index contributed by atoms with van der Waals surface area (Å²) in [4.78, 5) is 15.4. The number of carbonyl (C=O) groups excluding carboxylic acids is 1. The molecule has 0 atom stereocenters. The summed E-state index contributed by atoms with van der Waals surface area (Å²) in [5, 5.41) is 19.4. The van der Waals surface area contributed by atoms with Crippen LogP contribution in [0.2, 0.25) is 5.02 Å². The van der Waals surface area contributed by atoms with Crippen molar-refractivity contribution in [1.29, 1.82) is 0 Å². The molecule has 32 heavy (non-hydrogen) atoms. The maximum atomic E-state index is 12.5. The standard InChI is InChI=1S/C25H22ClN3O3/c1-15(2)18-7-12-22-21(13-18)23(25(31)27-22)28-29-24(30)17-5-3-16(4-6-17)14-32-20-10-8-19(26)9-11-20/h3-13,15,27,31H,14H2,1-2H3. The van der Waals surface area contributed by atoms with E-state index in [9.17, 15) is 9.90 Å². The third-order valence-electron chi connectivity index (χ3n) is 5.10. The molecule has 7 heteroatoms. The number of aromatic hydroxyl groups is 1. The minimum atomic E-state index is -0.496. The SMILES string of the molecule is CC(C)c1ccc2[nH]c(O)c(N=NC(=O)c3ccc(COc4ccc(Cl)cc4)cc3)c2c1. The van der Waals surface area contributed by atoms with E-state index in [0.29, 0.717) is 28.9 Å². The van der Waals surface area contributed by atoms with E-state index in [0.717, 1.165) is 22.0 Å². The lowest BCUT2D eigenvalue weighted by Gasteiger charge is -2.06. The van der Waals surface area contributed by atoms with Gasteiger partial charge in [-0.15, -0.1) is 10.2 Å². The normalized spacial score (nSPS) is 11.5. The van der Waals surface area contributed by atoms with Gasteiger partial charge in [0, 0.05) is 16.0 Å². The Morgan fingerprint density at radius 2 is 1.78 bits per heavy atom. The molecule has 4 aromatic rings. The van der Waals surface area contributed by atoms with E-state index in [2.05, 4.69) is 29.1 Å². The summed E-state index contributed by atoms with van der Waals surface area (Å²) in [5.41, 5.74) is 3.40. The number of ether oxygens (including phenoxy) is 1. The molecule has 2 N–H and O–H groups in total. The molecule has 0 saturated carbocycles. The average molecular weight is 448 g/mol. The van der Waals surface area contributed by atoms with Crippen molar-refractivity contribution in [3.63, 3.8) is 0 Å². The maximum absolute atomic E-state index is 12.5. The Balaban J connectivity index is 1.46. The quantitative estimate of drug-likeness (QED) is 0.307. The van der Waals surface area contributed by atoms with Crippen molar-refractivity contribution in [2.75, 3.05) is 0 Å². The number of hydrogen-bond acceptors (Lipinski definition) is 4. The van der Waals surface area contributed by atoms with Gasteiger partial charge in [-0.05, 0) is 65.6 Å². The topological polar surface area (TPSA) is 87.0 Å². The van der Waals surface area contributed by atoms with Crippen LogP contribution in [0.5, 0.6) is 11.6 Å². The Hall–Kier alpha value is -3.64. The molecule has 0 bridgehead atoms. The molecule has 1 aromatic heterocycles. The fraction of sp³-hybridized carbons (Fsp3) is 0.160. The first-order chi connectivity index (χ1) is 15.4. The Morgan fingerprint density at radius 1 is 1.06 bits per heavy atom. The number of halogens is 1. The van der Waals surface area contributed by atoms with E-state index in [1.54, 1.807) is 48.5 Å². The highest BCUT2D eigenvalue weighted by Crippen LogP contribution is 2.37. The number of hydrogen-bond donors (Lipinski definition) is 2. The van der Waals surface area contributed by atoms with Crippen LogP contribution in [0.1, 0.15) is 41.3 Å². The Bertz CT molecular complexity index is 1280. The van der Waals surface area contributed by atoms with Crippen molar-refractivity contribution < 1.29 is 14.6 Å². The Morgan fingerprint density at radius 3 is 2.47 bits per heavy atom. The van der Waals surface area contributed by atoms with Crippen molar-refractivity contribution in [1.82, 2.24) is 4.98 Å². The highest BCUT2D eigenvalue weighted by Gasteiger charge is 2.13. The zero-order valence-electron chi connectivity index (χ0n) is 17.7. The van der Waals surface area contributed by atoms with Crippen molar-refractivity contribution in [2.45, 2.75) is 26.4 Å². The number of carbonyl (C=O) groups is 1. The third-order valence-corrected chi connectivity index (χ3v) is 5.36. The molecule has 4 rings (SSSR count). The summed E-state index contributed by atoms with van der Waals surface area (Å²) in [6.07, 6.45) is 0. The lowest BCUT2D eigenvalue weighted by atomic mass is 10.0. The first-order valence-electron chi connectivity index (χ1n) is 10.2. The van der Waals surface area contributed by atoms with Crippen LogP contribution in [0.25, 0.3) is 10.9 Å². The summed E-state index contributed by atoms with van der Waals surface area (Å²) in [6, 6.07) is 19.9. The monoisotopic (exact) mass is 447 g/mol. The van der Waals surface area contributed by atoms with Crippen molar-refractivity contribution in [3.8, 4) is 11.6 Å². The average Bonchev–Trinajstić information content (AvgIpc) is 3.11. The van der Waals surface area contributed by atoms with E-state index in [4.69, 9.17) is 16.3 Å². The van der Waals surface area contributed by atoms with Gasteiger partial charge in [-0.2, -0.15) is 0 Å². The number of benzene rings is 3. The van der Waals surface area contributed by atoms with Gasteiger partial charge in [-0.25, -0.2) is 0 Å². The summed E-state index contributed by atoms with van der Waals surface area (Å²) < 4.78 is 5.71. The van der Waals surface area contributed by atoms with Crippen molar-refractivity contribution in [2.24, 2.45) is 10.2 Å². The predicted molar refractivity (Wildman–Crippen MR) is 125 cm³/mol. The molecule has 162 valence electrons. The molecule has 0 aliphatic heterocycles.